The Labute approximate surface area is 114 Å². The Morgan fingerprint density at radius 2 is 1.85 bits per heavy atom. The van der Waals surface area contributed by atoms with Gasteiger partial charge in [-0.25, -0.2) is 0 Å². The molecular formula is C14H14N2O4. The first-order chi connectivity index (χ1) is 9.56. The second-order valence-electron chi connectivity index (χ2n) is 4.94. The van der Waals surface area contributed by atoms with E-state index in [2.05, 4.69) is 4.98 Å². The SMILES string of the molecule is O=C(c1cc(=O)c2ccccc2[nH]1)N1C[C@@H](O)[C@@H](O)C1. The molecular weight excluding hydrogens is 260 g/mol. The molecule has 1 amide bonds. The lowest BCUT2D eigenvalue weighted by atomic mass is 10.2. The molecule has 0 bridgehead atoms. The molecule has 1 fully saturated rings. The van der Waals surface area contributed by atoms with Crippen LogP contribution in [0, 0.1) is 0 Å². The van der Waals surface area contributed by atoms with E-state index in [1.165, 1.54) is 11.0 Å². The number of amides is 1. The molecule has 6 heteroatoms. The number of pyridine rings is 1. The van der Waals surface area contributed by atoms with E-state index in [4.69, 9.17) is 0 Å². The predicted octanol–water partition coefficient (Wildman–Crippen LogP) is -0.294. The predicted molar refractivity (Wildman–Crippen MR) is 72.5 cm³/mol. The zero-order chi connectivity index (χ0) is 14.3. The first-order valence-electron chi connectivity index (χ1n) is 6.34. The van der Waals surface area contributed by atoms with Gasteiger partial charge in [0.1, 0.15) is 5.69 Å². The first kappa shape index (κ1) is 12.8. The molecule has 104 valence electrons. The molecule has 3 N–H and O–H groups in total. The molecule has 6 nitrogen and oxygen atoms in total. The minimum Gasteiger partial charge on any atom is -0.388 e. The quantitative estimate of drug-likeness (QED) is 0.666. The van der Waals surface area contributed by atoms with Crippen LogP contribution in [0.15, 0.2) is 35.1 Å². The molecule has 3 rings (SSSR count). The fraction of sp³-hybridized carbons (Fsp3) is 0.286. The molecule has 20 heavy (non-hydrogen) atoms. The van der Waals surface area contributed by atoms with Crippen molar-refractivity contribution in [1.82, 2.24) is 9.88 Å². The smallest absolute Gasteiger partial charge is 0.270 e. The first-order valence-corrected chi connectivity index (χ1v) is 6.34. The molecule has 2 aromatic rings. The van der Waals surface area contributed by atoms with Crippen LogP contribution in [0.4, 0.5) is 0 Å². The number of carbonyl (C=O) groups excluding carboxylic acids is 1. The zero-order valence-electron chi connectivity index (χ0n) is 10.6. The number of likely N-dealkylation sites (tertiary alicyclic amines) is 1. The van der Waals surface area contributed by atoms with E-state index in [0.717, 1.165) is 0 Å². The number of benzene rings is 1. The number of hydrogen-bond donors (Lipinski definition) is 3. The van der Waals surface area contributed by atoms with Crippen molar-refractivity contribution in [1.29, 1.82) is 0 Å². The van der Waals surface area contributed by atoms with Gasteiger partial charge in [0.05, 0.1) is 12.2 Å². The fourth-order valence-electron chi connectivity index (χ4n) is 2.42. The highest BCUT2D eigenvalue weighted by molar-refractivity contribution is 5.95. The number of aliphatic hydroxyl groups excluding tert-OH is 2. The molecule has 1 aliphatic rings. The molecule has 0 aliphatic carbocycles. The van der Waals surface area contributed by atoms with Crippen LogP contribution in [-0.2, 0) is 0 Å². The third kappa shape index (κ3) is 2.09. The number of carbonyl (C=O) groups is 1. The lowest BCUT2D eigenvalue weighted by Gasteiger charge is -2.15. The van der Waals surface area contributed by atoms with Crippen LogP contribution in [0.3, 0.4) is 0 Å². The number of aromatic amines is 1. The maximum absolute atomic E-state index is 12.3. The maximum Gasteiger partial charge on any atom is 0.270 e. The number of rotatable bonds is 1. The number of hydrogen-bond acceptors (Lipinski definition) is 4. The van der Waals surface area contributed by atoms with Gasteiger partial charge in [0.2, 0.25) is 0 Å². The van der Waals surface area contributed by atoms with Crippen molar-refractivity contribution in [2.24, 2.45) is 0 Å². The fourth-order valence-corrected chi connectivity index (χ4v) is 2.42. The average molecular weight is 274 g/mol. The van der Waals surface area contributed by atoms with Crippen molar-refractivity contribution >= 4 is 16.8 Å². The van der Waals surface area contributed by atoms with Crippen molar-refractivity contribution in [3.63, 3.8) is 0 Å². The minimum absolute atomic E-state index is 0.0643. The lowest BCUT2D eigenvalue weighted by molar-refractivity contribution is 0.0572. The van der Waals surface area contributed by atoms with Crippen molar-refractivity contribution in [3.05, 3.63) is 46.2 Å². The Morgan fingerprint density at radius 1 is 1.20 bits per heavy atom. The third-order valence-corrected chi connectivity index (χ3v) is 3.51. The van der Waals surface area contributed by atoms with Gasteiger partial charge in [0.15, 0.2) is 5.43 Å². The number of β-amino-alcohol motifs (C(OH)–C–C–N with tert-alkyl or cyclic N) is 2. The summed E-state index contributed by atoms with van der Waals surface area (Å²) in [6, 6.07) is 8.19. The number of aliphatic hydroxyl groups is 2. The summed E-state index contributed by atoms with van der Waals surface area (Å²) >= 11 is 0. The summed E-state index contributed by atoms with van der Waals surface area (Å²) in [5, 5.41) is 19.5. The average Bonchev–Trinajstić information content (AvgIpc) is 2.78. The van der Waals surface area contributed by atoms with Crippen molar-refractivity contribution in [2.75, 3.05) is 13.1 Å². The zero-order valence-corrected chi connectivity index (χ0v) is 10.6. The monoisotopic (exact) mass is 274 g/mol. The Morgan fingerprint density at radius 3 is 2.55 bits per heavy atom. The second kappa shape index (κ2) is 4.73. The number of nitrogens with zero attached hydrogens (tertiary/aromatic N) is 1. The van der Waals surface area contributed by atoms with E-state index < -0.39 is 18.1 Å². The van der Waals surface area contributed by atoms with Gasteiger partial charge in [0.25, 0.3) is 5.91 Å². The van der Waals surface area contributed by atoms with Crippen LogP contribution in [0.2, 0.25) is 0 Å². The highest BCUT2D eigenvalue weighted by Crippen LogP contribution is 2.14. The summed E-state index contributed by atoms with van der Waals surface area (Å²) in [5.74, 6) is -0.400. The van der Waals surface area contributed by atoms with E-state index in [-0.39, 0.29) is 24.2 Å². The molecule has 0 unspecified atom stereocenters. The summed E-state index contributed by atoms with van der Waals surface area (Å²) in [6.07, 6.45) is -1.88. The van der Waals surface area contributed by atoms with E-state index in [0.29, 0.717) is 10.9 Å². The van der Waals surface area contributed by atoms with Gasteiger partial charge in [-0.3, -0.25) is 9.59 Å². The van der Waals surface area contributed by atoms with Gasteiger partial charge in [-0.2, -0.15) is 0 Å². The van der Waals surface area contributed by atoms with Gasteiger partial charge in [0, 0.05) is 30.1 Å². The van der Waals surface area contributed by atoms with E-state index in [1.807, 2.05) is 0 Å². The standard InChI is InChI=1S/C14H14N2O4/c17-11-5-10(15-9-4-2-1-3-8(9)11)14(20)16-6-12(18)13(19)7-16/h1-5,12-13,18-19H,6-7H2,(H,15,17)/t12-,13+. The molecule has 0 radical (unpaired) electrons. The van der Waals surface area contributed by atoms with Crippen LogP contribution < -0.4 is 5.43 Å². The Bertz CT molecular complexity index is 714. The summed E-state index contributed by atoms with van der Waals surface area (Å²) in [5.41, 5.74) is 0.515. The van der Waals surface area contributed by atoms with Crippen LogP contribution in [0.5, 0.6) is 0 Å². The van der Waals surface area contributed by atoms with Crippen molar-refractivity contribution in [2.45, 2.75) is 12.2 Å². The van der Waals surface area contributed by atoms with Crippen LogP contribution >= 0.6 is 0 Å². The maximum atomic E-state index is 12.3. The molecule has 1 aromatic heterocycles. The van der Waals surface area contributed by atoms with Gasteiger partial charge >= 0.3 is 0 Å². The van der Waals surface area contributed by atoms with E-state index in [9.17, 15) is 19.8 Å². The highest BCUT2D eigenvalue weighted by atomic mass is 16.3. The largest absolute Gasteiger partial charge is 0.388 e. The Kier molecular flexibility index (Phi) is 3.04. The molecule has 1 aliphatic heterocycles. The van der Waals surface area contributed by atoms with Gasteiger partial charge < -0.3 is 20.1 Å². The molecule has 1 aromatic carbocycles. The van der Waals surface area contributed by atoms with Crippen molar-refractivity contribution in [3.8, 4) is 0 Å². The van der Waals surface area contributed by atoms with Gasteiger partial charge in [-0.1, -0.05) is 12.1 Å². The summed E-state index contributed by atoms with van der Waals surface area (Å²) < 4.78 is 0. The number of H-pyrrole nitrogens is 1. The van der Waals surface area contributed by atoms with E-state index >= 15 is 0 Å². The van der Waals surface area contributed by atoms with Crippen LogP contribution in [0.25, 0.3) is 10.9 Å². The topological polar surface area (TPSA) is 93.6 Å². The van der Waals surface area contributed by atoms with Crippen LogP contribution in [-0.4, -0.2) is 51.3 Å². The molecule has 0 saturated carbocycles. The number of aromatic nitrogens is 1. The molecule has 1 saturated heterocycles. The second-order valence-corrected chi connectivity index (χ2v) is 4.94. The van der Waals surface area contributed by atoms with Crippen LogP contribution in [0.1, 0.15) is 10.5 Å². The van der Waals surface area contributed by atoms with E-state index in [1.54, 1.807) is 24.3 Å². The third-order valence-electron chi connectivity index (χ3n) is 3.51. The minimum atomic E-state index is -0.939. The molecule has 0 spiro atoms. The number of nitrogens with one attached hydrogen (secondary N) is 1. The Hall–Kier alpha value is -2.18. The van der Waals surface area contributed by atoms with Gasteiger partial charge in [-0.15, -0.1) is 0 Å². The summed E-state index contributed by atoms with van der Waals surface area (Å²) in [7, 11) is 0. The Balaban J connectivity index is 1.98. The number of para-hydroxylation sites is 1. The lowest BCUT2D eigenvalue weighted by Crippen LogP contribution is -2.31. The highest BCUT2D eigenvalue weighted by Gasteiger charge is 2.33. The van der Waals surface area contributed by atoms with Gasteiger partial charge in [-0.05, 0) is 12.1 Å². The summed E-state index contributed by atoms with van der Waals surface area (Å²) in [6.45, 7) is 0.129. The normalized spacial score (nSPS) is 22.4. The van der Waals surface area contributed by atoms with Crippen molar-refractivity contribution < 1.29 is 15.0 Å². The summed E-state index contributed by atoms with van der Waals surface area (Å²) in [4.78, 5) is 28.5. The molecule has 2 atom stereocenters. The molecule has 2 heterocycles. The number of fused-ring (bicyclic) bond motifs is 1.